The van der Waals surface area contributed by atoms with E-state index in [0.717, 1.165) is 6.07 Å². The molecule has 0 bridgehead atoms. The van der Waals surface area contributed by atoms with Gasteiger partial charge in [-0.05, 0) is 12.1 Å². The number of nitro groups is 1. The summed E-state index contributed by atoms with van der Waals surface area (Å²) < 4.78 is 64.7. The van der Waals surface area contributed by atoms with Crippen molar-refractivity contribution in [1.29, 1.82) is 5.26 Å². The zero-order chi connectivity index (χ0) is 19.3. The fraction of sp³-hybridized carbons (Fsp3) is 0.333. The summed E-state index contributed by atoms with van der Waals surface area (Å²) in [6.07, 6.45) is -0.0411. The van der Waals surface area contributed by atoms with Crippen LogP contribution in [0, 0.1) is 21.4 Å². The number of carbonyl (C=O) groups excluding carboxylic acids is 1. The summed E-state index contributed by atoms with van der Waals surface area (Å²) in [6.45, 7) is -0.166. The fourth-order valence-corrected chi connectivity index (χ4v) is 3.04. The molecule has 0 heterocycles. The highest BCUT2D eigenvalue weighted by atomic mass is 32.2. The molecule has 0 saturated heterocycles. The largest absolute Gasteiger partial charge is 0.501 e. The summed E-state index contributed by atoms with van der Waals surface area (Å²) in [7, 11) is -5.73. The number of halogens is 3. The van der Waals surface area contributed by atoms with Crippen molar-refractivity contribution in [3.63, 3.8) is 0 Å². The first-order chi connectivity index (χ1) is 11.5. The topological polar surface area (TPSA) is 127 Å². The zero-order valence-electron chi connectivity index (χ0n) is 12.1. The second kappa shape index (κ2) is 8.17. The van der Waals surface area contributed by atoms with E-state index in [1.54, 1.807) is 6.07 Å². The van der Waals surface area contributed by atoms with Gasteiger partial charge in [0.15, 0.2) is 0 Å². The smallest absolute Gasteiger partial charge is 0.464 e. The Balaban J connectivity index is 3.02. The molecule has 0 unspecified atom stereocenters. The molecule has 1 rings (SSSR count). The molecule has 0 aliphatic rings. The van der Waals surface area contributed by atoms with Crippen LogP contribution in [0.2, 0.25) is 0 Å². The number of thioether (sulfide) groups is 1. The van der Waals surface area contributed by atoms with Gasteiger partial charge in [-0.1, -0.05) is 0 Å². The molecule has 1 aromatic carbocycles. The van der Waals surface area contributed by atoms with Gasteiger partial charge in [0.05, 0.1) is 33.0 Å². The fourth-order valence-electron chi connectivity index (χ4n) is 1.45. The maximum absolute atomic E-state index is 12.5. The van der Waals surface area contributed by atoms with Gasteiger partial charge in [-0.3, -0.25) is 14.9 Å². The van der Waals surface area contributed by atoms with Crippen LogP contribution in [0.4, 0.5) is 18.9 Å². The monoisotopic (exact) mass is 398 g/mol. The highest BCUT2D eigenvalue weighted by molar-refractivity contribution is 8.00. The van der Waals surface area contributed by atoms with Gasteiger partial charge in [0.2, 0.25) is 0 Å². The van der Waals surface area contributed by atoms with Crippen molar-refractivity contribution in [1.82, 2.24) is 0 Å². The predicted molar refractivity (Wildman–Crippen MR) is 78.3 cm³/mol. The maximum Gasteiger partial charge on any atom is 0.501 e. The lowest BCUT2D eigenvalue weighted by Crippen LogP contribution is -2.23. The Morgan fingerprint density at radius 2 is 2.04 bits per heavy atom. The lowest BCUT2D eigenvalue weighted by atomic mass is 10.3. The van der Waals surface area contributed by atoms with Gasteiger partial charge in [0.1, 0.15) is 6.61 Å². The SMILES string of the molecule is N#CCCOC(=O)CSc1ccc(S(=O)(=O)C(F)(F)F)cc1[N+](=O)[O-]. The number of alkyl halides is 3. The standard InChI is InChI=1S/C12H9F3N2O6S2/c13-12(14,15)25(21,22)8-2-3-10(9(6-8)17(19)20)24-7-11(18)23-5-1-4-16/h2-3,6H,1,5,7H2. The van der Waals surface area contributed by atoms with E-state index in [4.69, 9.17) is 5.26 Å². The van der Waals surface area contributed by atoms with Crippen LogP contribution in [0.5, 0.6) is 0 Å². The highest BCUT2D eigenvalue weighted by Gasteiger charge is 2.47. The zero-order valence-corrected chi connectivity index (χ0v) is 13.8. The summed E-state index contributed by atoms with van der Waals surface area (Å²) in [6, 6.07) is 3.39. The van der Waals surface area contributed by atoms with Gasteiger partial charge in [-0.25, -0.2) is 8.42 Å². The first-order valence-electron chi connectivity index (χ1n) is 6.26. The number of rotatable bonds is 7. The second-order valence-corrected chi connectivity index (χ2v) is 7.21. The Morgan fingerprint density at radius 1 is 1.40 bits per heavy atom. The molecule has 0 fully saturated rings. The van der Waals surface area contributed by atoms with E-state index < -0.39 is 42.6 Å². The molecule has 13 heteroatoms. The van der Waals surface area contributed by atoms with Gasteiger partial charge in [-0.15, -0.1) is 11.8 Å². The van der Waals surface area contributed by atoms with E-state index >= 15 is 0 Å². The second-order valence-electron chi connectivity index (χ2n) is 4.25. The number of esters is 1. The molecule has 0 aliphatic carbocycles. The van der Waals surface area contributed by atoms with Crippen molar-refractivity contribution in [2.24, 2.45) is 0 Å². The van der Waals surface area contributed by atoms with Crippen LogP contribution in [0.3, 0.4) is 0 Å². The number of carbonyl (C=O) groups is 1. The molecule has 0 N–H and O–H groups in total. The van der Waals surface area contributed by atoms with Gasteiger partial charge in [0, 0.05) is 6.07 Å². The minimum Gasteiger partial charge on any atom is -0.464 e. The average molecular weight is 398 g/mol. The quantitative estimate of drug-likeness (QED) is 0.225. The van der Waals surface area contributed by atoms with Crippen molar-refractivity contribution in [2.75, 3.05) is 12.4 Å². The van der Waals surface area contributed by atoms with Crippen molar-refractivity contribution >= 4 is 33.3 Å². The van der Waals surface area contributed by atoms with Crippen LogP contribution >= 0.6 is 11.8 Å². The molecule has 0 atom stereocenters. The van der Waals surface area contributed by atoms with Crippen LogP contribution in [0.25, 0.3) is 0 Å². The molecule has 0 radical (unpaired) electrons. The molecule has 25 heavy (non-hydrogen) atoms. The normalized spacial score (nSPS) is 11.6. The van der Waals surface area contributed by atoms with Crippen molar-refractivity contribution in [2.45, 2.75) is 21.7 Å². The highest BCUT2D eigenvalue weighted by Crippen LogP contribution is 2.36. The van der Waals surface area contributed by atoms with Crippen LogP contribution in [-0.2, 0) is 19.4 Å². The molecule has 0 spiro atoms. The number of benzene rings is 1. The van der Waals surface area contributed by atoms with E-state index in [2.05, 4.69) is 4.74 Å². The molecule has 136 valence electrons. The van der Waals surface area contributed by atoms with Crippen molar-refractivity contribution in [3.05, 3.63) is 28.3 Å². The van der Waals surface area contributed by atoms with Crippen LogP contribution in [0.15, 0.2) is 28.0 Å². The number of nitrogens with zero attached hydrogens (tertiary/aromatic N) is 2. The van der Waals surface area contributed by atoms with Gasteiger partial charge in [-0.2, -0.15) is 18.4 Å². The third-order valence-electron chi connectivity index (χ3n) is 2.56. The van der Waals surface area contributed by atoms with Crippen molar-refractivity contribution < 1.29 is 36.0 Å². The van der Waals surface area contributed by atoms with Gasteiger partial charge in [0.25, 0.3) is 15.5 Å². The van der Waals surface area contributed by atoms with Crippen molar-refractivity contribution in [3.8, 4) is 6.07 Å². The van der Waals surface area contributed by atoms with Gasteiger partial charge < -0.3 is 4.74 Å². The Labute approximate surface area is 143 Å². The van der Waals surface area contributed by atoms with E-state index in [0.29, 0.717) is 17.8 Å². The molecule has 8 nitrogen and oxygen atoms in total. The summed E-state index contributed by atoms with van der Waals surface area (Å²) in [5, 5.41) is 19.3. The van der Waals surface area contributed by atoms with E-state index in [1.165, 1.54) is 0 Å². The number of sulfone groups is 1. The third-order valence-corrected chi connectivity index (χ3v) is 5.08. The number of nitriles is 1. The van der Waals surface area contributed by atoms with Crippen LogP contribution in [0.1, 0.15) is 6.42 Å². The minimum absolute atomic E-state index is 0.0411. The maximum atomic E-state index is 12.5. The minimum atomic E-state index is -5.73. The average Bonchev–Trinajstić information content (AvgIpc) is 2.51. The predicted octanol–water partition coefficient (Wildman–Crippen LogP) is 2.44. The molecule has 0 aliphatic heterocycles. The first kappa shape index (κ1) is 20.7. The summed E-state index contributed by atoms with van der Waals surface area (Å²) in [5.41, 5.74) is -6.49. The molecular formula is C12H9F3N2O6S2. The molecular weight excluding hydrogens is 389 g/mol. The number of hydrogen-bond acceptors (Lipinski definition) is 8. The van der Waals surface area contributed by atoms with Gasteiger partial charge >= 0.3 is 11.5 Å². The Bertz CT molecular complexity index is 817. The lowest BCUT2D eigenvalue weighted by Gasteiger charge is -2.09. The number of nitro benzene ring substituents is 1. The summed E-state index contributed by atoms with van der Waals surface area (Å²) in [5.74, 6) is -1.20. The van der Waals surface area contributed by atoms with Crippen LogP contribution < -0.4 is 0 Å². The summed E-state index contributed by atoms with van der Waals surface area (Å²) >= 11 is 0.593. The Hall–Kier alpha value is -2.33. The Kier molecular flexibility index (Phi) is 6.77. The Morgan fingerprint density at radius 3 is 2.56 bits per heavy atom. The van der Waals surface area contributed by atoms with E-state index in [9.17, 15) is 36.5 Å². The number of hydrogen-bond donors (Lipinski definition) is 0. The van der Waals surface area contributed by atoms with E-state index in [1.807, 2.05) is 0 Å². The first-order valence-corrected chi connectivity index (χ1v) is 8.72. The molecule has 1 aromatic rings. The summed E-state index contributed by atoms with van der Waals surface area (Å²) in [4.78, 5) is 19.8. The molecule has 0 aromatic heterocycles. The van der Waals surface area contributed by atoms with E-state index in [-0.39, 0.29) is 24.0 Å². The number of ether oxygens (including phenoxy) is 1. The van der Waals surface area contributed by atoms with Crippen LogP contribution in [-0.4, -0.2) is 37.2 Å². The molecule has 0 amide bonds. The lowest BCUT2D eigenvalue weighted by molar-refractivity contribution is -0.388. The molecule has 0 saturated carbocycles. The third kappa shape index (κ3) is 5.33.